The van der Waals surface area contributed by atoms with Gasteiger partial charge < -0.3 is 4.84 Å². The van der Waals surface area contributed by atoms with Crippen molar-refractivity contribution in [1.29, 1.82) is 0 Å². The Balaban J connectivity index is 1.81. The van der Waals surface area contributed by atoms with Crippen molar-refractivity contribution in [3.63, 3.8) is 0 Å². The van der Waals surface area contributed by atoms with Gasteiger partial charge in [0.1, 0.15) is 5.15 Å². The summed E-state index contributed by atoms with van der Waals surface area (Å²) in [5.74, 6) is 0. The Bertz CT molecular complexity index is 597. The van der Waals surface area contributed by atoms with Crippen LogP contribution in [0.4, 0.5) is 0 Å². The summed E-state index contributed by atoms with van der Waals surface area (Å²) in [5, 5.41) is 4.51. The summed E-state index contributed by atoms with van der Waals surface area (Å²) >= 11 is 13.2. The number of benzene rings is 1. The van der Waals surface area contributed by atoms with Gasteiger partial charge in [-0.25, -0.2) is 4.98 Å². The van der Waals surface area contributed by atoms with Crippen LogP contribution in [-0.4, -0.2) is 10.7 Å². The van der Waals surface area contributed by atoms with Gasteiger partial charge in [0.05, 0.1) is 10.6 Å². The highest BCUT2D eigenvalue weighted by molar-refractivity contribution is 7.16. The van der Waals surface area contributed by atoms with Crippen molar-refractivity contribution in [3.8, 4) is 0 Å². The number of halogens is 2. The molecule has 0 spiro atoms. The monoisotopic (exact) mass is 298 g/mol. The van der Waals surface area contributed by atoms with Gasteiger partial charge in [-0.05, 0) is 5.56 Å². The molecule has 0 radical (unpaired) electrons. The lowest BCUT2D eigenvalue weighted by molar-refractivity contribution is 0.0882. The van der Waals surface area contributed by atoms with Crippen LogP contribution in [-0.2, 0) is 4.84 Å². The summed E-state index contributed by atoms with van der Waals surface area (Å²) in [4.78, 5) is 10.2. The van der Waals surface area contributed by atoms with Gasteiger partial charge in [0.2, 0.25) is 0 Å². The number of rotatable bonds is 2. The van der Waals surface area contributed by atoms with Crippen LogP contribution in [0.1, 0.15) is 23.0 Å². The zero-order valence-corrected chi connectivity index (χ0v) is 11.5. The fourth-order valence-electron chi connectivity index (χ4n) is 1.81. The van der Waals surface area contributed by atoms with Gasteiger partial charge in [-0.15, -0.1) is 11.3 Å². The lowest BCUT2D eigenvalue weighted by Gasteiger charge is -2.04. The van der Waals surface area contributed by atoms with Crippen molar-refractivity contribution in [2.24, 2.45) is 5.16 Å². The van der Waals surface area contributed by atoms with Crippen LogP contribution in [0.2, 0.25) is 9.62 Å². The molecule has 1 aliphatic rings. The second kappa shape index (κ2) is 4.88. The van der Waals surface area contributed by atoms with Crippen molar-refractivity contribution < 1.29 is 4.84 Å². The van der Waals surface area contributed by atoms with Crippen molar-refractivity contribution in [1.82, 2.24) is 4.98 Å². The fourth-order valence-corrected chi connectivity index (χ4v) is 3.26. The summed E-state index contributed by atoms with van der Waals surface area (Å²) in [7, 11) is 0. The highest BCUT2D eigenvalue weighted by atomic mass is 35.5. The third kappa shape index (κ3) is 2.23. The Hall–Kier alpha value is -1.10. The summed E-state index contributed by atoms with van der Waals surface area (Å²) < 4.78 is 0.423. The van der Waals surface area contributed by atoms with Crippen LogP contribution in [0.25, 0.3) is 0 Å². The molecule has 1 atom stereocenters. The van der Waals surface area contributed by atoms with Gasteiger partial charge in [0.25, 0.3) is 0 Å². The van der Waals surface area contributed by atoms with Gasteiger partial charge in [-0.2, -0.15) is 0 Å². The van der Waals surface area contributed by atoms with E-state index in [1.165, 1.54) is 11.3 Å². The molecule has 1 aliphatic heterocycles. The number of hydrogen-bond donors (Lipinski definition) is 0. The van der Waals surface area contributed by atoms with Gasteiger partial charge in [0, 0.05) is 6.42 Å². The SMILES string of the molecule is Clc1nc(Cl)c(C2CC(c3ccccc3)=NO2)s1. The standard InChI is InChI=1S/C12H8Cl2N2OS/c13-11-10(18-12(14)15-11)9-6-8(16-17-9)7-4-2-1-3-5-7/h1-5,9H,6H2. The van der Waals surface area contributed by atoms with Gasteiger partial charge >= 0.3 is 0 Å². The Morgan fingerprint density at radius 1 is 1.22 bits per heavy atom. The van der Waals surface area contributed by atoms with Gasteiger partial charge in [0.15, 0.2) is 10.6 Å². The Labute approximate surface area is 118 Å². The van der Waals surface area contributed by atoms with Crippen LogP contribution < -0.4 is 0 Å². The molecule has 0 N–H and O–H groups in total. The zero-order chi connectivity index (χ0) is 12.5. The van der Waals surface area contributed by atoms with Crippen LogP contribution in [0.3, 0.4) is 0 Å². The molecule has 0 amide bonds. The average molecular weight is 299 g/mol. The molecule has 2 heterocycles. The first-order chi connectivity index (χ1) is 8.74. The van der Waals surface area contributed by atoms with Crippen molar-refractivity contribution in [2.45, 2.75) is 12.5 Å². The maximum Gasteiger partial charge on any atom is 0.185 e. The molecular formula is C12H8Cl2N2OS. The molecule has 2 aromatic rings. The van der Waals surface area contributed by atoms with E-state index >= 15 is 0 Å². The smallest absolute Gasteiger partial charge is 0.185 e. The molecule has 0 fully saturated rings. The highest BCUT2D eigenvalue weighted by Crippen LogP contribution is 2.38. The summed E-state index contributed by atoms with van der Waals surface area (Å²) in [6, 6.07) is 9.93. The summed E-state index contributed by atoms with van der Waals surface area (Å²) in [6.45, 7) is 0. The largest absolute Gasteiger partial charge is 0.386 e. The Kier molecular flexibility index (Phi) is 3.24. The fraction of sp³-hybridized carbons (Fsp3) is 0.167. The summed E-state index contributed by atoms with van der Waals surface area (Å²) in [5.41, 5.74) is 1.98. The third-order valence-corrected chi connectivity index (χ3v) is 4.30. The van der Waals surface area contributed by atoms with E-state index in [9.17, 15) is 0 Å². The highest BCUT2D eigenvalue weighted by Gasteiger charge is 2.28. The quantitative estimate of drug-likeness (QED) is 0.828. The number of aromatic nitrogens is 1. The Morgan fingerprint density at radius 3 is 2.67 bits per heavy atom. The van der Waals surface area contributed by atoms with Gasteiger partial charge in [-0.3, -0.25) is 0 Å². The van der Waals surface area contributed by atoms with E-state index in [1.54, 1.807) is 0 Å². The van der Waals surface area contributed by atoms with Crippen molar-refractivity contribution in [2.75, 3.05) is 0 Å². The second-order valence-corrected chi connectivity index (χ2v) is 5.79. The minimum atomic E-state index is -0.183. The normalized spacial score (nSPS) is 18.6. The predicted molar refractivity (Wildman–Crippen MR) is 73.6 cm³/mol. The molecule has 0 bridgehead atoms. The molecular weight excluding hydrogens is 291 g/mol. The molecule has 1 unspecified atom stereocenters. The molecule has 1 aromatic carbocycles. The van der Waals surface area contributed by atoms with E-state index in [0.29, 0.717) is 16.0 Å². The van der Waals surface area contributed by atoms with Gasteiger partial charge in [-0.1, -0.05) is 58.7 Å². The van der Waals surface area contributed by atoms with E-state index in [-0.39, 0.29) is 6.10 Å². The molecule has 18 heavy (non-hydrogen) atoms. The molecule has 1 aromatic heterocycles. The van der Waals surface area contributed by atoms with Crippen LogP contribution in [0.15, 0.2) is 35.5 Å². The number of nitrogens with zero attached hydrogens (tertiary/aromatic N) is 2. The van der Waals surface area contributed by atoms with Crippen LogP contribution in [0, 0.1) is 0 Å². The molecule has 3 rings (SSSR count). The van der Waals surface area contributed by atoms with E-state index < -0.39 is 0 Å². The first-order valence-electron chi connectivity index (χ1n) is 5.34. The summed E-state index contributed by atoms with van der Waals surface area (Å²) in [6.07, 6.45) is 0.500. The third-order valence-electron chi connectivity index (χ3n) is 2.65. The average Bonchev–Trinajstić information content (AvgIpc) is 2.97. The lowest BCUT2D eigenvalue weighted by atomic mass is 10.0. The molecule has 3 nitrogen and oxygen atoms in total. The number of thiazole rings is 1. The van der Waals surface area contributed by atoms with Crippen molar-refractivity contribution >= 4 is 40.3 Å². The maximum absolute atomic E-state index is 6.00. The van der Waals surface area contributed by atoms with Crippen molar-refractivity contribution in [3.05, 3.63) is 50.4 Å². The number of oxime groups is 1. The molecule has 0 saturated heterocycles. The minimum absolute atomic E-state index is 0.183. The van der Waals surface area contributed by atoms with E-state index in [4.69, 9.17) is 28.0 Å². The first-order valence-corrected chi connectivity index (χ1v) is 6.91. The minimum Gasteiger partial charge on any atom is -0.386 e. The van der Waals surface area contributed by atoms with Crippen LogP contribution in [0.5, 0.6) is 0 Å². The molecule has 92 valence electrons. The molecule has 6 heteroatoms. The topological polar surface area (TPSA) is 34.5 Å². The maximum atomic E-state index is 6.00. The zero-order valence-electron chi connectivity index (χ0n) is 9.14. The Morgan fingerprint density at radius 2 is 2.00 bits per heavy atom. The van der Waals surface area contributed by atoms with E-state index in [1.807, 2.05) is 30.3 Å². The van der Waals surface area contributed by atoms with E-state index in [2.05, 4.69) is 10.1 Å². The second-order valence-electron chi connectivity index (χ2n) is 3.82. The van der Waals surface area contributed by atoms with Crippen LogP contribution >= 0.6 is 34.5 Å². The van der Waals surface area contributed by atoms with E-state index in [0.717, 1.165) is 16.2 Å². The predicted octanol–water partition coefficient (Wildman–Crippen LogP) is 4.32. The first kappa shape index (κ1) is 12.0. The lowest BCUT2D eigenvalue weighted by Crippen LogP contribution is -2.00. The molecule has 0 saturated carbocycles. The number of hydrogen-bond acceptors (Lipinski definition) is 4. The molecule has 0 aliphatic carbocycles.